The quantitative estimate of drug-likeness (QED) is 0.172. The number of hydrogen-bond acceptors (Lipinski definition) is 5. The minimum Gasteiger partial charge on any atom is -0.444 e. The fraction of sp³-hybridized carbons (Fsp3) is 0.486. The van der Waals surface area contributed by atoms with E-state index in [0.717, 1.165) is 36.8 Å². The summed E-state index contributed by atoms with van der Waals surface area (Å²) in [5, 5.41) is 5.69. The van der Waals surface area contributed by atoms with Gasteiger partial charge in [-0.25, -0.2) is 4.79 Å². The molecule has 0 fully saturated rings. The molecule has 0 spiro atoms. The second-order valence-electron chi connectivity index (χ2n) is 12.1. The number of nitrogens with two attached hydrogens (primary N) is 1. The average molecular weight is 605 g/mol. The van der Waals surface area contributed by atoms with Gasteiger partial charge in [0.05, 0.1) is 0 Å². The highest BCUT2D eigenvalue weighted by molar-refractivity contribution is 6.00. The fourth-order valence-corrected chi connectivity index (χ4v) is 4.88. The number of primary amides is 1. The molecule has 2 rings (SSSR count). The van der Waals surface area contributed by atoms with E-state index in [1.165, 1.54) is 4.90 Å². The predicted octanol–water partition coefficient (Wildman–Crippen LogP) is 5.92. The molecule has 2 aromatic rings. The summed E-state index contributed by atoms with van der Waals surface area (Å²) in [5.41, 5.74) is 8.22. The molecule has 44 heavy (non-hydrogen) atoms. The van der Waals surface area contributed by atoms with Crippen LogP contribution >= 0.6 is 0 Å². The molecule has 2 aromatic carbocycles. The molecule has 2 atom stereocenters. The molecule has 0 bridgehead atoms. The molecule has 4 amide bonds. The minimum atomic E-state index is -1.16. The van der Waals surface area contributed by atoms with Crippen LogP contribution in [-0.4, -0.2) is 46.9 Å². The van der Waals surface area contributed by atoms with E-state index in [1.807, 2.05) is 32.0 Å². The number of terminal acetylenes is 1. The van der Waals surface area contributed by atoms with E-state index >= 15 is 0 Å². The standard InChI is InChI=1S/C35H48N4O5/c1-8-10-11-12-13-23-39(33(42)28(21-22-29(36)40)37-34(43)44-35(5,6)7)31(27-19-17-26(9-2)18-20-27)32(41)38-30-24(3)15-14-16-25(30)4/h2,14-20,28,31H,8,10-13,21-23H2,1,3-7H3,(H2,36,40)(H,37,43)(H,38,41). The summed E-state index contributed by atoms with van der Waals surface area (Å²) in [6, 6.07) is 10.4. The number of ether oxygens (including phenoxy) is 1. The Kier molecular flexibility index (Phi) is 13.9. The lowest BCUT2D eigenvalue weighted by molar-refractivity contribution is -0.141. The first-order chi connectivity index (χ1) is 20.8. The summed E-state index contributed by atoms with van der Waals surface area (Å²) < 4.78 is 5.42. The van der Waals surface area contributed by atoms with E-state index in [0.29, 0.717) is 23.2 Å². The molecule has 0 radical (unpaired) electrons. The molecule has 0 aliphatic carbocycles. The molecule has 2 unspecified atom stereocenters. The van der Waals surface area contributed by atoms with E-state index in [2.05, 4.69) is 23.5 Å². The van der Waals surface area contributed by atoms with Gasteiger partial charge in [-0.2, -0.15) is 0 Å². The van der Waals surface area contributed by atoms with Crippen LogP contribution in [0.1, 0.15) is 101 Å². The summed E-state index contributed by atoms with van der Waals surface area (Å²) in [6.07, 6.45) is 9.16. The molecule has 9 nitrogen and oxygen atoms in total. The van der Waals surface area contributed by atoms with Crippen LogP contribution in [0, 0.1) is 26.2 Å². The molecule has 0 saturated heterocycles. The maximum absolute atomic E-state index is 14.4. The first-order valence-electron chi connectivity index (χ1n) is 15.3. The van der Waals surface area contributed by atoms with Crippen LogP contribution in [0.25, 0.3) is 0 Å². The number of para-hydroxylation sites is 1. The molecule has 0 saturated carbocycles. The highest BCUT2D eigenvalue weighted by Gasteiger charge is 2.36. The Morgan fingerprint density at radius 1 is 0.977 bits per heavy atom. The predicted molar refractivity (Wildman–Crippen MR) is 174 cm³/mol. The zero-order valence-electron chi connectivity index (χ0n) is 27.0. The van der Waals surface area contributed by atoms with Crippen LogP contribution in [-0.2, 0) is 19.1 Å². The number of carbonyl (C=O) groups is 4. The Morgan fingerprint density at radius 3 is 2.14 bits per heavy atom. The number of hydrogen-bond donors (Lipinski definition) is 3. The molecule has 0 heterocycles. The summed E-state index contributed by atoms with van der Waals surface area (Å²) in [4.78, 5) is 54.7. The van der Waals surface area contributed by atoms with Crippen molar-refractivity contribution in [3.05, 3.63) is 64.7 Å². The highest BCUT2D eigenvalue weighted by atomic mass is 16.6. The van der Waals surface area contributed by atoms with Crippen LogP contribution in [0.3, 0.4) is 0 Å². The van der Waals surface area contributed by atoms with Gasteiger partial charge in [0.25, 0.3) is 5.91 Å². The Hall–Kier alpha value is -4.32. The number of alkyl carbamates (subject to hydrolysis) is 1. The van der Waals surface area contributed by atoms with Crippen molar-refractivity contribution in [2.24, 2.45) is 5.73 Å². The van der Waals surface area contributed by atoms with Crippen molar-refractivity contribution in [3.63, 3.8) is 0 Å². The van der Waals surface area contributed by atoms with Crippen LogP contribution in [0.5, 0.6) is 0 Å². The number of anilines is 1. The summed E-state index contributed by atoms with van der Waals surface area (Å²) in [5.74, 6) is 1.03. The van der Waals surface area contributed by atoms with Gasteiger partial charge in [0.2, 0.25) is 11.8 Å². The topological polar surface area (TPSA) is 131 Å². The number of unbranched alkanes of at least 4 members (excludes halogenated alkanes) is 4. The Labute approximate surface area is 262 Å². The third kappa shape index (κ3) is 11.4. The third-order valence-corrected chi connectivity index (χ3v) is 7.14. The van der Waals surface area contributed by atoms with Crippen molar-refractivity contribution in [2.75, 3.05) is 11.9 Å². The van der Waals surface area contributed by atoms with Gasteiger partial charge in [0.1, 0.15) is 17.7 Å². The van der Waals surface area contributed by atoms with E-state index in [9.17, 15) is 19.2 Å². The Bertz CT molecular complexity index is 1300. The van der Waals surface area contributed by atoms with Gasteiger partial charge in [0, 0.05) is 24.2 Å². The maximum Gasteiger partial charge on any atom is 0.408 e. The second-order valence-corrected chi connectivity index (χ2v) is 12.1. The van der Waals surface area contributed by atoms with Gasteiger partial charge in [-0.05, 0) is 76.3 Å². The van der Waals surface area contributed by atoms with Crippen LogP contribution in [0.2, 0.25) is 0 Å². The molecule has 0 aliphatic rings. The van der Waals surface area contributed by atoms with Gasteiger partial charge < -0.3 is 26.0 Å². The van der Waals surface area contributed by atoms with Crippen molar-refractivity contribution in [3.8, 4) is 12.3 Å². The number of amides is 4. The zero-order valence-corrected chi connectivity index (χ0v) is 27.0. The fourth-order valence-electron chi connectivity index (χ4n) is 4.88. The molecule has 0 aromatic heterocycles. The van der Waals surface area contributed by atoms with E-state index in [1.54, 1.807) is 45.0 Å². The zero-order chi connectivity index (χ0) is 32.9. The highest BCUT2D eigenvalue weighted by Crippen LogP contribution is 2.28. The number of carbonyl (C=O) groups excluding carboxylic acids is 4. The lowest BCUT2D eigenvalue weighted by Crippen LogP contribution is -2.53. The van der Waals surface area contributed by atoms with Crippen LogP contribution in [0.4, 0.5) is 10.5 Å². The first kappa shape index (κ1) is 35.9. The average Bonchev–Trinajstić information content (AvgIpc) is 2.95. The number of benzene rings is 2. The summed E-state index contributed by atoms with van der Waals surface area (Å²) >= 11 is 0. The van der Waals surface area contributed by atoms with E-state index in [4.69, 9.17) is 16.9 Å². The lowest BCUT2D eigenvalue weighted by Gasteiger charge is -2.35. The molecule has 9 heteroatoms. The van der Waals surface area contributed by atoms with Gasteiger partial charge in [-0.15, -0.1) is 6.42 Å². The number of rotatable bonds is 15. The van der Waals surface area contributed by atoms with Crippen LogP contribution in [0.15, 0.2) is 42.5 Å². The van der Waals surface area contributed by atoms with Crippen molar-refractivity contribution >= 4 is 29.5 Å². The lowest BCUT2D eigenvalue weighted by atomic mass is 9.99. The Morgan fingerprint density at radius 2 is 1.59 bits per heavy atom. The normalized spacial score (nSPS) is 12.4. The first-order valence-corrected chi connectivity index (χ1v) is 15.3. The molecule has 238 valence electrons. The van der Waals surface area contributed by atoms with E-state index < -0.39 is 41.5 Å². The Balaban J connectivity index is 2.61. The smallest absolute Gasteiger partial charge is 0.408 e. The number of nitrogens with one attached hydrogen (secondary N) is 2. The van der Waals surface area contributed by atoms with E-state index in [-0.39, 0.29) is 19.4 Å². The van der Waals surface area contributed by atoms with Gasteiger partial charge in [-0.1, -0.05) is 68.9 Å². The summed E-state index contributed by atoms with van der Waals surface area (Å²) in [6.45, 7) is 11.3. The summed E-state index contributed by atoms with van der Waals surface area (Å²) in [7, 11) is 0. The molecule has 4 N–H and O–H groups in total. The maximum atomic E-state index is 14.4. The molecule has 0 aliphatic heterocycles. The van der Waals surface area contributed by atoms with Gasteiger partial charge >= 0.3 is 6.09 Å². The SMILES string of the molecule is C#Cc1ccc(C(C(=O)Nc2c(C)cccc2C)N(CCCCCCC)C(=O)C(CCC(N)=O)NC(=O)OC(C)(C)C)cc1. The monoisotopic (exact) mass is 604 g/mol. The minimum absolute atomic E-state index is 0.0545. The van der Waals surface area contributed by atoms with Crippen molar-refractivity contribution < 1.29 is 23.9 Å². The van der Waals surface area contributed by atoms with Crippen LogP contribution < -0.4 is 16.4 Å². The van der Waals surface area contributed by atoms with Crippen molar-refractivity contribution in [2.45, 2.75) is 104 Å². The molecular weight excluding hydrogens is 556 g/mol. The second kappa shape index (κ2) is 17.1. The van der Waals surface area contributed by atoms with Gasteiger partial charge in [-0.3, -0.25) is 14.4 Å². The van der Waals surface area contributed by atoms with Gasteiger partial charge in [0.15, 0.2) is 0 Å². The number of aryl methyl sites for hydroxylation is 2. The van der Waals surface area contributed by atoms with Crippen molar-refractivity contribution in [1.82, 2.24) is 10.2 Å². The largest absolute Gasteiger partial charge is 0.444 e. The van der Waals surface area contributed by atoms with Crippen molar-refractivity contribution in [1.29, 1.82) is 0 Å². The third-order valence-electron chi connectivity index (χ3n) is 7.14. The number of nitrogens with zero attached hydrogens (tertiary/aromatic N) is 1. The molecular formula is C35H48N4O5.